The highest BCUT2D eigenvalue weighted by atomic mass is 16.5. The van der Waals surface area contributed by atoms with E-state index >= 15 is 0 Å². The molecule has 0 saturated heterocycles. The highest BCUT2D eigenvalue weighted by Gasteiger charge is 2.07. The molecule has 2 aromatic heterocycles. The number of fused-ring (bicyclic) bond motifs is 1. The minimum atomic E-state index is -0.373. The number of aromatic nitrogens is 4. The van der Waals surface area contributed by atoms with E-state index in [1.165, 1.54) is 6.33 Å². The fraction of sp³-hybridized carbons (Fsp3) is 0.0870. The predicted octanol–water partition coefficient (Wildman–Crippen LogP) is 4.23. The minimum Gasteiger partial charge on any atom is -0.438 e. The van der Waals surface area contributed by atoms with E-state index in [0.717, 1.165) is 22.3 Å². The smallest absolute Gasteiger partial charge is 0.300 e. The number of rotatable bonds is 5. The Balaban J connectivity index is 1.53. The van der Waals surface area contributed by atoms with E-state index in [4.69, 9.17) is 4.74 Å². The molecule has 1 amide bonds. The molecule has 0 atom stereocenters. The maximum absolute atomic E-state index is 11.8. The van der Waals surface area contributed by atoms with E-state index < -0.39 is 0 Å². The molecule has 4 aromatic rings. The van der Waals surface area contributed by atoms with Crippen LogP contribution in [0, 0.1) is 18.8 Å². The van der Waals surface area contributed by atoms with Crippen LogP contribution >= 0.6 is 0 Å². The van der Waals surface area contributed by atoms with Crippen molar-refractivity contribution in [1.29, 1.82) is 0 Å². The van der Waals surface area contributed by atoms with E-state index in [1.807, 2.05) is 37.3 Å². The van der Waals surface area contributed by atoms with Gasteiger partial charge in [0.25, 0.3) is 5.91 Å². The third-order valence-electron chi connectivity index (χ3n) is 4.23. The van der Waals surface area contributed by atoms with Gasteiger partial charge in [0.15, 0.2) is 0 Å². The summed E-state index contributed by atoms with van der Waals surface area (Å²) in [6, 6.07) is 12.8. The molecule has 2 heterocycles. The third-order valence-corrected chi connectivity index (χ3v) is 4.23. The first kappa shape index (κ1) is 19.8. The van der Waals surface area contributed by atoms with Crippen LogP contribution in [0.3, 0.4) is 0 Å². The lowest BCUT2D eigenvalue weighted by Crippen LogP contribution is -2.08. The maximum atomic E-state index is 11.8. The highest BCUT2D eigenvalue weighted by Crippen LogP contribution is 2.27. The number of carbonyl (C=O) groups excluding carboxylic acids is 1. The summed E-state index contributed by atoms with van der Waals surface area (Å²) in [5, 5.41) is 6.78. The van der Waals surface area contributed by atoms with Gasteiger partial charge < -0.3 is 15.4 Å². The third kappa shape index (κ3) is 4.92. The zero-order valence-electron chi connectivity index (χ0n) is 16.9. The average Bonchev–Trinajstić information content (AvgIpc) is 2.77. The second-order valence-corrected chi connectivity index (χ2v) is 6.53. The molecule has 8 nitrogen and oxygen atoms in total. The van der Waals surface area contributed by atoms with Crippen molar-refractivity contribution in [2.45, 2.75) is 13.8 Å². The Kier molecular flexibility index (Phi) is 5.67. The number of benzene rings is 2. The van der Waals surface area contributed by atoms with Crippen LogP contribution in [0.25, 0.3) is 10.9 Å². The van der Waals surface area contributed by atoms with E-state index in [9.17, 15) is 4.79 Å². The summed E-state index contributed by atoms with van der Waals surface area (Å²) in [7, 11) is 0. The molecule has 152 valence electrons. The lowest BCUT2D eigenvalue weighted by molar-refractivity contribution is -0.111. The van der Waals surface area contributed by atoms with Crippen LogP contribution in [0.5, 0.6) is 11.6 Å². The molecule has 0 spiro atoms. The lowest BCUT2D eigenvalue weighted by atomic mass is 10.2. The monoisotopic (exact) mass is 410 g/mol. The lowest BCUT2D eigenvalue weighted by Gasteiger charge is -2.10. The van der Waals surface area contributed by atoms with Crippen LogP contribution in [0.4, 0.5) is 17.2 Å². The molecule has 0 unspecified atom stereocenters. The summed E-state index contributed by atoms with van der Waals surface area (Å²) in [6.07, 6.45) is 4.72. The van der Waals surface area contributed by atoms with Gasteiger partial charge in [-0.15, -0.1) is 0 Å². The summed E-state index contributed by atoms with van der Waals surface area (Å²) in [4.78, 5) is 28.7. The van der Waals surface area contributed by atoms with Crippen molar-refractivity contribution in [2.75, 3.05) is 10.6 Å². The van der Waals surface area contributed by atoms with Gasteiger partial charge in [-0.2, -0.15) is 0 Å². The number of carbonyl (C=O) groups is 1. The number of aryl methyl sites for hydroxylation is 1. The first-order valence-corrected chi connectivity index (χ1v) is 9.43. The fourth-order valence-electron chi connectivity index (χ4n) is 2.81. The van der Waals surface area contributed by atoms with Crippen LogP contribution in [0.1, 0.15) is 12.6 Å². The number of hydrogen-bond donors (Lipinski definition) is 2. The first-order chi connectivity index (χ1) is 15.1. The molecule has 0 fully saturated rings. The van der Waals surface area contributed by atoms with Crippen LogP contribution in [0.15, 0.2) is 61.2 Å². The standard InChI is InChI=1S/C23H18N6O2/c1-3-4-21(30)28-17-7-10-20-19(11-17)23(27-14-26-20)29-16-5-8-18(9-6-16)31-22-13-24-15(2)12-25-22/h5-14H,1-2H3,(H,28,30)(H,26,27,29). The number of anilines is 3. The van der Waals surface area contributed by atoms with Crippen molar-refractivity contribution in [3.8, 4) is 23.5 Å². The first-order valence-electron chi connectivity index (χ1n) is 9.43. The van der Waals surface area contributed by atoms with Crippen molar-refractivity contribution in [3.05, 3.63) is 66.9 Å². The fourth-order valence-corrected chi connectivity index (χ4v) is 2.81. The molecular weight excluding hydrogens is 392 g/mol. The van der Waals surface area contributed by atoms with Gasteiger partial charge in [0.05, 0.1) is 23.6 Å². The second kappa shape index (κ2) is 8.88. The Hall–Kier alpha value is -4.51. The van der Waals surface area contributed by atoms with Gasteiger partial charge in [0.1, 0.15) is 17.9 Å². The molecule has 0 bridgehead atoms. The number of amides is 1. The van der Waals surface area contributed by atoms with E-state index in [2.05, 4.69) is 42.4 Å². The number of hydrogen-bond acceptors (Lipinski definition) is 7. The Labute approximate surface area is 178 Å². The van der Waals surface area contributed by atoms with Crippen molar-refractivity contribution < 1.29 is 9.53 Å². The summed E-state index contributed by atoms with van der Waals surface area (Å²) < 4.78 is 5.70. The summed E-state index contributed by atoms with van der Waals surface area (Å²) >= 11 is 0. The Morgan fingerprint density at radius 1 is 0.968 bits per heavy atom. The normalized spacial score (nSPS) is 10.1. The van der Waals surface area contributed by atoms with Crippen molar-refractivity contribution in [1.82, 2.24) is 19.9 Å². The average molecular weight is 410 g/mol. The van der Waals surface area contributed by atoms with Gasteiger partial charge in [-0.3, -0.25) is 9.78 Å². The Morgan fingerprint density at radius 2 is 1.77 bits per heavy atom. The molecule has 0 aliphatic rings. The molecule has 4 rings (SSSR count). The quantitative estimate of drug-likeness (QED) is 0.475. The number of nitrogens with zero attached hydrogens (tertiary/aromatic N) is 4. The number of ether oxygens (including phenoxy) is 1. The number of nitrogens with one attached hydrogen (secondary N) is 2. The van der Waals surface area contributed by atoms with Crippen LogP contribution in [-0.4, -0.2) is 25.8 Å². The van der Waals surface area contributed by atoms with Gasteiger partial charge in [-0.1, -0.05) is 5.92 Å². The van der Waals surface area contributed by atoms with Crippen molar-refractivity contribution in [3.63, 3.8) is 0 Å². The molecule has 2 aromatic carbocycles. The van der Waals surface area contributed by atoms with E-state index in [1.54, 1.807) is 31.5 Å². The van der Waals surface area contributed by atoms with Gasteiger partial charge in [-0.05, 0) is 62.2 Å². The molecule has 31 heavy (non-hydrogen) atoms. The summed E-state index contributed by atoms with van der Waals surface area (Å²) in [5.74, 6) is 6.33. The van der Waals surface area contributed by atoms with E-state index in [0.29, 0.717) is 23.1 Å². The second-order valence-electron chi connectivity index (χ2n) is 6.53. The molecule has 0 aliphatic carbocycles. The molecule has 0 radical (unpaired) electrons. The zero-order valence-corrected chi connectivity index (χ0v) is 16.9. The summed E-state index contributed by atoms with van der Waals surface area (Å²) in [6.45, 7) is 3.48. The molecule has 8 heteroatoms. The van der Waals surface area contributed by atoms with Gasteiger partial charge in [0.2, 0.25) is 5.88 Å². The topological polar surface area (TPSA) is 102 Å². The molecule has 0 aliphatic heterocycles. The maximum Gasteiger partial charge on any atom is 0.300 e. The van der Waals surface area contributed by atoms with Crippen molar-refractivity contribution >= 4 is 34.0 Å². The van der Waals surface area contributed by atoms with Crippen LogP contribution < -0.4 is 15.4 Å². The molecule has 0 saturated carbocycles. The van der Waals surface area contributed by atoms with Gasteiger partial charge >= 0.3 is 0 Å². The van der Waals surface area contributed by atoms with Crippen molar-refractivity contribution in [2.24, 2.45) is 0 Å². The Bertz CT molecular complexity index is 1290. The molecule has 2 N–H and O–H groups in total. The highest BCUT2D eigenvalue weighted by molar-refractivity contribution is 6.05. The zero-order chi connectivity index (χ0) is 21.6. The largest absolute Gasteiger partial charge is 0.438 e. The van der Waals surface area contributed by atoms with Crippen LogP contribution in [0.2, 0.25) is 0 Å². The molecular formula is C23H18N6O2. The predicted molar refractivity (Wildman–Crippen MR) is 118 cm³/mol. The summed E-state index contributed by atoms with van der Waals surface area (Å²) in [5.41, 5.74) is 3.00. The minimum absolute atomic E-state index is 0.373. The van der Waals surface area contributed by atoms with Gasteiger partial charge in [0, 0.05) is 16.8 Å². The van der Waals surface area contributed by atoms with Crippen LogP contribution in [-0.2, 0) is 4.79 Å². The van der Waals surface area contributed by atoms with E-state index in [-0.39, 0.29) is 5.91 Å². The Morgan fingerprint density at radius 3 is 2.52 bits per heavy atom. The SMILES string of the molecule is CC#CC(=O)Nc1ccc2ncnc(Nc3ccc(Oc4cnc(C)cn4)cc3)c2c1. The van der Waals surface area contributed by atoms with Gasteiger partial charge in [-0.25, -0.2) is 15.0 Å².